The molecule has 0 spiro atoms. The topological polar surface area (TPSA) is 32.6 Å². The minimum absolute atomic E-state index is 0.456. The van der Waals surface area contributed by atoms with E-state index >= 15 is 0 Å². The highest BCUT2D eigenvalue weighted by molar-refractivity contribution is 5.84. The molecule has 0 bridgehead atoms. The standard InChI is InChI=1S/C14H23NO/c1-11(2)5-4-6-13-7-9-14(10-8-13)12(3)15-16/h5,7,14,16H,4,6,8-10H2,1-3H3/b15-12+/t14-/m0/s1. The van der Waals surface area contributed by atoms with Gasteiger partial charge in [-0.1, -0.05) is 28.5 Å². The Morgan fingerprint density at radius 2 is 2.25 bits per heavy atom. The van der Waals surface area contributed by atoms with Gasteiger partial charge in [-0.25, -0.2) is 0 Å². The van der Waals surface area contributed by atoms with Gasteiger partial charge >= 0.3 is 0 Å². The van der Waals surface area contributed by atoms with Crippen molar-refractivity contribution in [1.82, 2.24) is 0 Å². The minimum atomic E-state index is 0.456. The van der Waals surface area contributed by atoms with Gasteiger partial charge in [-0.15, -0.1) is 0 Å². The van der Waals surface area contributed by atoms with E-state index in [1.807, 2.05) is 6.92 Å². The molecule has 2 nitrogen and oxygen atoms in total. The van der Waals surface area contributed by atoms with Crippen LogP contribution in [0.1, 0.15) is 52.9 Å². The third-order valence-corrected chi connectivity index (χ3v) is 3.27. The average molecular weight is 221 g/mol. The maximum absolute atomic E-state index is 8.71. The molecule has 0 fully saturated rings. The Hall–Kier alpha value is -1.05. The van der Waals surface area contributed by atoms with E-state index in [2.05, 4.69) is 31.2 Å². The van der Waals surface area contributed by atoms with Crippen LogP contribution in [0, 0.1) is 5.92 Å². The molecule has 2 heteroatoms. The summed E-state index contributed by atoms with van der Waals surface area (Å²) in [6.07, 6.45) is 10.3. The smallest absolute Gasteiger partial charge is 0.0574 e. The molecule has 90 valence electrons. The first-order valence-electron chi connectivity index (χ1n) is 6.13. The summed E-state index contributed by atoms with van der Waals surface area (Å²) in [6, 6.07) is 0. The Morgan fingerprint density at radius 1 is 1.50 bits per heavy atom. The van der Waals surface area contributed by atoms with Crippen molar-refractivity contribution in [2.24, 2.45) is 11.1 Å². The second-order valence-corrected chi connectivity index (χ2v) is 4.90. The summed E-state index contributed by atoms with van der Waals surface area (Å²) in [5.41, 5.74) is 3.84. The van der Waals surface area contributed by atoms with Crippen molar-refractivity contribution in [2.45, 2.75) is 52.9 Å². The average Bonchev–Trinajstić information content (AvgIpc) is 2.28. The van der Waals surface area contributed by atoms with Gasteiger partial charge in [-0.3, -0.25) is 0 Å². The van der Waals surface area contributed by atoms with Crippen LogP contribution in [0.5, 0.6) is 0 Å². The third-order valence-electron chi connectivity index (χ3n) is 3.27. The van der Waals surface area contributed by atoms with Crippen molar-refractivity contribution in [3.05, 3.63) is 23.3 Å². The molecule has 0 amide bonds. The molecule has 1 rings (SSSR count). The summed E-state index contributed by atoms with van der Waals surface area (Å²) >= 11 is 0. The van der Waals surface area contributed by atoms with Gasteiger partial charge in [0, 0.05) is 5.92 Å². The lowest BCUT2D eigenvalue weighted by atomic mass is 9.85. The van der Waals surface area contributed by atoms with Crippen LogP contribution in [-0.2, 0) is 0 Å². The third kappa shape index (κ3) is 4.21. The van der Waals surface area contributed by atoms with Crippen LogP contribution >= 0.6 is 0 Å². The van der Waals surface area contributed by atoms with E-state index in [0.29, 0.717) is 5.92 Å². The van der Waals surface area contributed by atoms with Crippen LogP contribution in [0.2, 0.25) is 0 Å². The van der Waals surface area contributed by atoms with Gasteiger partial charge in [-0.2, -0.15) is 0 Å². The fraction of sp³-hybridized carbons (Fsp3) is 0.643. The van der Waals surface area contributed by atoms with Gasteiger partial charge in [0.25, 0.3) is 0 Å². The van der Waals surface area contributed by atoms with Gasteiger partial charge in [0.05, 0.1) is 5.71 Å². The minimum Gasteiger partial charge on any atom is -0.411 e. The SMILES string of the molecule is CC(C)=CCCC1=CC[C@H](/C(C)=N/O)CC1. The Bertz CT molecular complexity index is 309. The molecule has 1 aliphatic carbocycles. The zero-order valence-electron chi connectivity index (χ0n) is 10.7. The summed E-state index contributed by atoms with van der Waals surface area (Å²) in [5.74, 6) is 0.456. The zero-order chi connectivity index (χ0) is 12.0. The number of nitrogens with zero attached hydrogens (tertiary/aromatic N) is 1. The lowest BCUT2D eigenvalue weighted by molar-refractivity contribution is 0.313. The molecule has 0 unspecified atom stereocenters. The number of allylic oxidation sites excluding steroid dienone is 4. The van der Waals surface area contributed by atoms with E-state index in [9.17, 15) is 0 Å². The van der Waals surface area contributed by atoms with E-state index in [4.69, 9.17) is 5.21 Å². The number of hydrogen-bond acceptors (Lipinski definition) is 2. The van der Waals surface area contributed by atoms with Gasteiger partial charge in [0.1, 0.15) is 0 Å². The van der Waals surface area contributed by atoms with E-state index in [1.165, 1.54) is 12.0 Å². The molecular formula is C14H23NO. The summed E-state index contributed by atoms with van der Waals surface area (Å²) in [5, 5.41) is 12.0. The van der Waals surface area contributed by atoms with Crippen molar-refractivity contribution in [3.63, 3.8) is 0 Å². The second kappa shape index (κ2) is 6.51. The van der Waals surface area contributed by atoms with Gasteiger partial charge in [0.2, 0.25) is 0 Å². The molecule has 1 N–H and O–H groups in total. The number of hydrogen-bond donors (Lipinski definition) is 1. The quantitative estimate of drug-likeness (QED) is 0.326. The van der Waals surface area contributed by atoms with Gasteiger partial charge < -0.3 is 5.21 Å². The summed E-state index contributed by atoms with van der Waals surface area (Å²) in [6.45, 7) is 6.20. The highest BCUT2D eigenvalue weighted by Crippen LogP contribution is 2.27. The van der Waals surface area contributed by atoms with Crippen LogP contribution in [0.4, 0.5) is 0 Å². The lowest BCUT2D eigenvalue weighted by Gasteiger charge is -2.20. The molecular weight excluding hydrogens is 198 g/mol. The molecule has 0 saturated carbocycles. The number of rotatable bonds is 4. The van der Waals surface area contributed by atoms with Crippen LogP contribution in [0.3, 0.4) is 0 Å². The van der Waals surface area contributed by atoms with Gasteiger partial charge in [0.15, 0.2) is 0 Å². The molecule has 1 aliphatic rings. The van der Waals surface area contributed by atoms with Crippen molar-refractivity contribution in [1.29, 1.82) is 0 Å². The fourth-order valence-corrected chi connectivity index (χ4v) is 2.12. The van der Waals surface area contributed by atoms with E-state index in [1.54, 1.807) is 5.57 Å². The summed E-state index contributed by atoms with van der Waals surface area (Å²) < 4.78 is 0. The molecule has 0 saturated heterocycles. The molecule has 0 aromatic carbocycles. The first-order chi connectivity index (χ1) is 7.63. The van der Waals surface area contributed by atoms with Crippen molar-refractivity contribution in [3.8, 4) is 0 Å². The van der Waals surface area contributed by atoms with Crippen molar-refractivity contribution >= 4 is 5.71 Å². The predicted molar refractivity (Wildman–Crippen MR) is 69.0 cm³/mol. The highest BCUT2D eigenvalue weighted by Gasteiger charge is 2.16. The molecule has 0 aromatic rings. The molecule has 0 heterocycles. The Balaban J connectivity index is 2.38. The van der Waals surface area contributed by atoms with Crippen LogP contribution in [0.15, 0.2) is 28.5 Å². The van der Waals surface area contributed by atoms with E-state index in [0.717, 1.165) is 31.4 Å². The van der Waals surface area contributed by atoms with Gasteiger partial charge in [-0.05, 0) is 52.9 Å². The summed E-state index contributed by atoms with van der Waals surface area (Å²) in [7, 11) is 0. The van der Waals surface area contributed by atoms with Crippen LogP contribution < -0.4 is 0 Å². The molecule has 0 aromatic heterocycles. The predicted octanol–water partition coefficient (Wildman–Crippen LogP) is 4.31. The molecule has 1 atom stereocenters. The highest BCUT2D eigenvalue weighted by atomic mass is 16.4. The van der Waals surface area contributed by atoms with Crippen molar-refractivity contribution < 1.29 is 5.21 Å². The summed E-state index contributed by atoms with van der Waals surface area (Å²) in [4.78, 5) is 0. The lowest BCUT2D eigenvalue weighted by Crippen LogP contribution is -2.14. The van der Waals surface area contributed by atoms with Crippen LogP contribution in [0.25, 0.3) is 0 Å². The second-order valence-electron chi connectivity index (χ2n) is 4.90. The monoisotopic (exact) mass is 221 g/mol. The Morgan fingerprint density at radius 3 is 2.75 bits per heavy atom. The molecule has 0 aliphatic heterocycles. The zero-order valence-corrected chi connectivity index (χ0v) is 10.7. The molecule has 16 heavy (non-hydrogen) atoms. The maximum Gasteiger partial charge on any atom is 0.0574 e. The number of oxime groups is 1. The first-order valence-corrected chi connectivity index (χ1v) is 6.13. The maximum atomic E-state index is 8.71. The van der Waals surface area contributed by atoms with E-state index in [-0.39, 0.29) is 0 Å². The van der Waals surface area contributed by atoms with E-state index < -0.39 is 0 Å². The van der Waals surface area contributed by atoms with Crippen molar-refractivity contribution in [2.75, 3.05) is 0 Å². The fourth-order valence-electron chi connectivity index (χ4n) is 2.12. The molecule has 0 radical (unpaired) electrons. The Kier molecular flexibility index (Phi) is 5.30. The largest absolute Gasteiger partial charge is 0.411 e. The normalized spacial score (nSPS) is 21.6. The first kappa shape index (κ1) is 13.0. The van der Waals surface area contributed by atoms with Crippen LogP contribution in [-0.4, -0.2) is 10.9 Å². The Labute approximate surface area is 98.7 Å².